The second-order valence-electron chi connectivity index (χ2n) is 3.98. The minimum absolute atomic E-state index is 0.813. The van der Waals surface area contributed by atoms with Crippen LogP contribution in [0.25, 0.3) is 31.9 Å². The molecule has 18 heavy (non-hydrogen) atoms. The summed E-state index contributed by atoms with van der Waals surface area (Å²) in [6.07, 6.45) is 3.48. The van der Waals surface area contributed by atoms with Crippen molar-refractivity contribution < 1.29 is 4.42 Å². The number of hydrogen-bond donors (Lipinski definition) is 0. The molecule has 0 saturated carbocycles. The first-order valence-electron chi connectivity index (χ1n) is 5.60. The van der Waals surface area contributed by atoms with Crippen molar-refractivity contribution in [1.29, 1.82) is 0 Å². The zero-order chi connectivity index (χ0) is 11.9. The highest BCUT2D eigenvalue weighted by atomic mass is 32.1. The van der Waals surface area contributed by atoms with Crippen molar-refractivity contribution in [2.24, 2.45) is 0 Å². The van der Waals surface area contributed by atoms with Gasteiger partial charge in [0.25, 0.3) is 0 Å². The van der Waals surface area contributed by atoms with Gasteiger partial charge in [0.05, 0.1) is 22.0 Å². The Kier molecular flexibility index (Phi) is 1.98. The lowest BCUT2D eigenvalue weighted by Gasteiger charge is -1.95. The quantitative estimate of drug-likeness (QED) is 0.512. The van der Waals surface area contributed by atoms with E-state index in [9.17, 15) is 0 Å². The Morgan fingerprint density at radius 2 is 1.94 bits per heavy atom. The summed E-state index contributed by atoms with van der Waals surface area (Å²) in [7, 11) is 0. The van der Waals surface area contributed by atoms with Crippen LogP contribution in [0.4, 0.5) is 0 Å². The van der Waals surface area contributed by atoms with Gasteiger partial charge in [-0.3, -0.25) is 4.98 Å². The van der Waals surface area contributed by atoms with Gasteiger partial charge in [-0.2, -0.15) is 0 Å². The molecule has 86 valence electrons. The predicted molar refractivity (Wildman–Crippen MR) is 72.6 cm³/mol. The molecule has 3 heterocycles. The Morgan fingerprint density at radius 3 is 2.83 bits per heavy atom. The van der Waals surface area contributed by atoms with E-state index < -0.39 is 0 Å². The summed E-state index contributed by atoms with van der Waals surface area (Å²) in [6.45, 7) is 0. The average Bonchev–Trinajstić information content (AvgIpc) is 3.07. The maximum atomic E-state index is 5.39. The normalized spacial score (nSPS) is 11.3. The Bertz CT molecular complexity index is 833. The van der Waals surface area contributed by atoms with Crippen LogP contribution in [-0.2, 0) is 0 Å². The van der Waals surface area contributed by atoms with E-state index in [2.05, 4.69) is 16.0 Å². The van der Waals surface area contributed by atoms with Crippen molar-refractivity contribution in [2.75, 3.05) is 0 Å². The molecule has 0 atom stereocenters. The number of furan rings is 1. The summed E-state index contributed by atoms with van der Waals surface area (Å²) in [6, 6.07) is 11.8. The number of hydrogen-bond acceptors (Lipinski definition) is 4. The molecule has 0 amide bonds. The van der Waals surface area contributed by atoms with Gasteiger partial charge in [-0.25, -0.2) is 4.98 Å². The predicted octanol–water partition coefficient (Wildman–Crippen LogP) is 4.10. The van der Waals surface area contributed by atoms with Gasteiger partial charge in [0, 0.05) is 11.6 Å². The fourth-order valence-electron chi connectivity index (χ4n) is 2.04. The van der Waals surface area contributed by atoms with E-state index in [-0.39, 0.29) is 0 Å². The molecule has 0 bridgehead atoms. The van der Waals surface area contributed by atoms with Crippen molar-refractivity contribution >= 4 is 32.5 Å². The van der Waals surface area contributed by atoms with Gasteiger partial charge in [-0.05, 0) is 36.4 Å². The zero-order valence-electron chi connectivity index (χ0n) is 9.33. The third-order valence-electron chi connectivity index (χ3n) is 2.87. The van der Waals surface area contributed by atoms with Crippen LogP contribution in [0.5, 0.6) is 0 Å². The third kappa shape index (κ3) is 1.36. The summed E-state index contributed by atoms with van der Waals surface area (Å²) in [5, 5.41) is 2.05. The van der Waals surface area contributed by atoms with Crippen LogP contribution in [0.15, 0.2) is 53.3 Å². The molecule has 1 aromatic carbocycles. The van der Waals surface area contributed by atoms with E-state index in [0.29, 0.717) is 0 Å². The molecule has 0 spiro atoms. The van der Waals surface area contributed by atoms with Crippen molar-refractivity contribution in [3.63, 3.8) is 0 Å². The zero-order valence-corrected chi connectivity index (χ0v) is 10.1. The van der Waals surface area contributed by atoms with Gasteiger partial charge in [0.2, 0.25) is 0 Å². The molecule has 3 nitrogen and oxygen atoms in total. The molecule has 0 fully saturated rings. The fourth-order valence-corrected chi connectivity index (χ4v) is 3.10. The van der Waals surface area contributed by atoms with Crippen LogP contribution in [0, 0.1) is 0 Å². The van der Waals surface area contributed by atoms with E-state index in [1.807, 2.05) is 36.5 Å². The first kappa shape index (κ1) is 9.79. The number of pyridine rings is 1. The first-order chi connectivity index (χ1) is 8.92. The van der Waals surface area contributed by atoms with E-state index in [1.165, 1.54) is 0 Å². The lowest BCUT2D eigenvalue weighted by molar-refractivity contribution is 0.582. The highest BCUT2D eigenvalue weighted by Crippen LogP contribution is 2.34. The van der Waals surface area contributed by atoms with Crippen LogP contribution in [0.1, 0.15) is 0 Å². The molecule has 0 aliphatic heterocycles. The van der Waals surface area contributed by atoms with Gasteiger partial charge in [-0.15, -0.1) is 11.3 Å². The van der Waals surface area contributed by atoms with Gasteiger partial charge in [0.15, 0.2) is 10.8 Å². The largest absolute Gasteiger partial charge is 0.462 e. The lowest BCUT2D eigenvalue weighted by atomic mass is 10.2. The van der Waals surface area contributed by atoms with E-state index in [1.54, 1.807) is 17.6 Å². The summed E-state index contributed by atoms with van der Waals surface area (Å²) < 4.78 is 6.55. The molecule has 4 rings (SSSR count). The Balaban J connectivity index is 2.08. The smallest absolute Gasteiger partial charge is 0.162 e. The van der Waals surface area contributed by atoms with Crippen LogP contribution in [0.2, 0.25) is 0 Å². The Morgan fingerprint density at radius 1 is 1.00 bits per heavy atom. The molecule has 3 aromatic heterocycles. The van der Waals surface area contributed by atoms with Crippen molar-refractivity contribution in [2.45, 2.75) is 0 Å². The van der Waals surface area contributed by atoms with Gasteiger partial charge >= 0.3 is 0 Å². The third-order valence-corrected chi connectivity index (χ3v) is 3.99. The summed E-state index contributed by atoms with van der Waals surface area (Å²) >= 11 is 1.64. The van der Waals surface area contributed by atoms with Gasteiger partial charge in [0.1, 0.15) is 0 Å². The molecule has 0 aliphatic rings. The molecule has 4 aromatic rings. The second kappa shape index (κ2) is 3.65. The Hall–Kier alpha value is -2.20. The van der Waals surface area contributed by atoms with Crippen LogP contribution >= 0.6 is 11.3 Å². The van der Waals surface area contributed by atoms with Gasteiger partial charge < -0.3 is 4.42 Å². The summed E-state index contributed by atoms with van der Waals surface area (Å²) in [5.41, 5.74) is 1.99. The van der Waals surface area contributed by atoms with E-state index >= 15 is 0 Å². The second-order valence-corrected chi connectivity index (χ2v) is 4.98. The molecule has 4 heteroatoms. The number of benzene rings is 1. The molecule has 0 saturated heterocycles. The van der Waals surface area contributed by atoms with Crippen molar-refractivity contribution in [3.05, 3.63) is 48.9 Å². The maximum Gasteiger partial charge on any atom is 0.162 e. The van der Waals surface area contributed by atoms with Gasteiger partial charge in [-0.1, -0.05) is 0 Å². The van der Waals surface area contributed by atoms with E-state index in [0.717, 1.165) is 31.9 Å². The maximum absolute atomic E-state index is 5.39. The summed E-state index contributed by atoms with van der Waals surface area (Å²) in [5.74, 6) is 0.813. The molecule has 0 radical (unpaired) electrons. The van der Waals surface area contributed by atoms with Crippen LogP contribution < -0.4 is 0 Å². The van der Waals surface area contributed by atoms with Crippen LogP contribution in [-0.4, -0.2) is 9.97 Å². The van der Waals surface area contributed by atoms with E-state index in [4.69, 9.17) is 4.42 Å². The lowest BCUT2D eigenvalue weighted by Crippen LogP contribution is -1.77. The number of fused-ring (bicyclic) bond motifs is 3. The SMILES string of the molecule is c1coc(-c2nc3ccc4ncccc4c3s2)c1. The number of rotatable bonds is 1. The Labute approximate surface area is 107 Å². The summed E-state index contributed by atoms with van der Waals surface area (Å²) in [4.78, 5) is 8.96. The molecule has 0 aliphatic carbocycles. The molecular weight excluding hydrogens is 244 g/mol. The molecular formula is C14H8N2OS. The van der Waals surface area contributed by atoms with Crippen molar-refractivity contribution in [1.82, 2.24) is 9.97 Å². The number of thiazole rings is 1. The van der Waals surface area contributed by atoms with Crippen molar-refractivity contribution in [3.8, 4) is 10.8 Å². The first-order valence-corrected chi connectivity index (χ1v) is 6.41. The highest BCUT2D eigenvalue weighted by molar-refractivity contribution is 7.22. The standard InChI is InChI=1S/C14H8N2OS/c1-3-9-10(15-7-1)5-6-11-13(9)18-14(16-11)12-4-2-8-17-12/h1-8H. The highest BCUT2D eigenvalue weighted by Gasteiger charge is 2.10. The molecule has 0 unspecified atom stereocenters. The number of nitrogens with zero attached hydrogens (tertiary/aromatic N) is 2. The number of aromatic nitrogens is 2. The minimum Gasteiger partial charge on any atom is -0.462 e. The van der Waals surface area contributed by atoms with Crippen LogP contribution in [0.3, 0.4) is 0 Å². The monoisotopic (exact) mass is 252 g/mol. The molecule has 0 N–H and O–H groups in total. The topological polar surface area (TPSA) is 38.9 Å². The average molecular weight is 252 g/mol. The minimum atomic E-state index is 0.813. The fraction of sp³-hybridized carbons (Fsp3) is 0.